The van der Waals surface area contributed by atoms with Gasteiger partial charge in [0, 0.05) is 24.5 Å². The molecule has 0 aliphatic heterocycles. The summed E-state index contributed by atoms with van der Waals surface area (Å²) in [5.74, 6) is 0. The lowest BCUT2D eigenvalue weighted by atomic mass is 10.1. The van der Waals surface area contributed by atoms with Crippen LogP contribution < -0.4 is 5.32 Å². The quantitative estimate of drug-likeness (QED) is 0.342. The van der Waals surface area contributed by atoms with Crippen LogP contribution in [0.15, 0.2) is 28.5 Å². The number of allylic oxidation sites excluding steroid dienone is 2. The van der Waals surface area contributed by atoms with E-state index >= 15 is 0 Å². The van der Waals surface area contributed by atoms with Gasteiger partial charge in [0.25, 0.3) is 0 Å². The molecular weight excluding hydrogens is 258 g/mol. The third-order valence-corrected chi connectivity index (χ3v) is 3.25. The summed E-state index contributed by atoms with van der Waals surface area (Å²) < 4.78 is 0. The second-order valence-electron chi connectivity index (χ2n) is 4.39. The van der Waals surface area contributed by atoms with Crippen molar-refractivity contribution in [1.82, 2.24) is 5.32 Å². The predicted molar refractivity (Wildman–Crippen MR) is 86.3 cm³/mol. The van der Waals surface area contributed by atoms with E-state index in [0.29, 0.717) is 17.3 Å². The SMILES string of the molecule is C=C(NC)/C(C=N)=C(/CCCCCC)N=C(Cl)CC. The molecule has 19 heavy (non-hydrogen) atoms. The zero-order chi connectivity index (χ0) is 14.7. The van der Waals surface area contributed by atoms with Crippen LogP contribution >= 0.6 is 11.6 Å². The highest BCUT2D eigenvalue weighted by atomic mass is 35.5. The maximum Gasteiger partial charge on any atom is 0.106 e. The van der Waals surface area contributed by atoms with Crippen LogP contribution in [0.2, 0.25) is 0 Å². The molecule has 0 spiro atoms. The predicted octanol–water partition coefficient (Wildman–Crippen LogP) is 4.64. The van der Waals surface area contributed by atoms with Gasteiger partial charge in [0.2, 0.25) is 0 Å². The van der Waals surface area contributed by atoms with E-state index in [0.717, 1.165) is 24.1 Å². The Balaban J connectivity index is 5.07. The fourth-order valence-electron chi connectivity index (χ4n) is 1.67. The zero-order valence-electron chi connectivity index (χ0n) is 12.4. The maximum absolute atomic E-state index is 7.55. The molecular formula is C15H26ClN3. The molecule has 4 heteroatoms. The molecule has 108 valence electrons. The smallest absolute Gasteiger partial charge is 0.106 e. The molecule has 0 rings (SSSR count). The van der Waals surface area contributed by atoms with Crippen LogP contribution in [-0.2, 0) is 0 Å². The summed E-state index contributed by atoms with van der Waals surface area (Å²) in [7, 11) is 1.80. The van der Waals surface area contributed by atoms with Crippen molar-refractivity contribution in [3.8, 4) is 0 Å². The van der Waals surface area contributed by atoms with Crippen molar-refractivity contribution < 1.29 is 0 Å². The molecule has 3 nitrogen and oxygen atoms in total. The molecule has 0 aliphatic rings. The van der Waals surface area contributed by atoms with Crippen molar-refractivity contribution in [2.24, 2.45) is 4.99 Å². The van der Waals surface area contributed by atoms with Gasteiger partial charge in [-0.25, -0.2) is 4.99 Å². The molecule has 0 unspecified atom stereocenters. The molecule has 0 aromatic rings. The molecule has 0 saturated heterocycles. The monoisotopic (exact) mass is 283 g/mol. The second-order valence-corrected chi connectivity index (χ2v) is 4.82. The largest absolute Gasteiger partial charge is 0.388 e. The van der Waals surface area contributed by atoms with E-state index in [1.165, 1.54) is 25.5 Å². The highest BCUT2D eigenvalue weighted by molar-refractivity contribution is 6.65. The van der Waals surface area contributed by atoms with Crippen LogP contribution in [0.1, 0.15) is 52.4 Å². The molecule has 0 amide bonds. The Hall–Kier alpha value is -1.09. The van der Waals surface area contributed by atoms with Crippen molar-refractivity contribution in [2.45, 2.75) is 52.4 Å². The minimum atomic E-state index is 0.578. The topological polar surface area (TPSA) is 48.2 Å². The zero-order valence-corrected chi connectivity index (χ0v) is 13.1. The van der Waals surface area contributed by atoms with Crippen molar-refractivity contribution in [1.29, 1.82) is 5.41 Å². The van der Waals surface area contributed by atoms with Crippen molar-refractivity contribution >= 4 is 23.0 Å². The molecule has 0 atom stereocenters. The van der Waals surface area contributed by atoms with Crippen LogP contribution in [0.5, 0.6) is 0 Å². The van der Waals surface area contributed by atoms with Crippen molar-refractivity contribution in [3.63, 3.8) is 0 Å². The lowest BCUT2D eigenvalue weighted by Crippen LogP contribution is -2.10. The van der Waals surface area contributed by atoms with E-state index in [-0.39, 0.29) is 0 Å². The van der Waals surface area contributed by atoms with Crippen LogP contribution in [0.25, 0.3) is 0 Å². The summed E-state index contributed by atoms with van der Waals surface area (Å²) >= 11 is 6.04. The highest BCUT2D eigenvalue weighted by Gasteiger charge is 2.08. The number of hydrogen-bond acceptors (Lipinski definition) is 3. The molecule has 2 N–H and O–H groups in total. The maximum atomic E-state index is 7.55. The Bertz CT molecular complexity index is 356. The van der Waals surface area contributed by atoms with Gasteiger partial charge < -0.3 is 10.7 Å². The first-order chi connectivity index (χ1) is 9.10. The second kappa shape index (κ2) is 10.8. The van der Waals surface area contributed by atoms with Crippen molar-refractivity contribution in [3.05, 3.63) is 23.5 Å². The Kier molecular flexibility index (Phi) is 10.2. The molecule has 0 saturated carbocycles. The lowest BCUT2D eigenvalue weighted by Gasteiger charge is -2.11. The third-order valence-electron chi connectivity index (χ3n) is 2.90. The lowest BCUT2D eigenvalue weighted by molar-refractivity contribution is 0.661. The number of unbranched alkanes of at least 4 members (excludes halogenated alkanes) is 3. The summed E-state index contributed by atoms with van der Waals surface area (Å²) in [5.41, 5.74) is 2.31. The van der Waals surface area contributed by atoms with Crippen LogP contribution in [0.4, 0.5) is 0 Å². The Morgan fingerprint density at radius 1 is 1.32 bits per heavy atom. The van der Waals surface area contributed by atoms with Gasteiger partial charge in [0.1, 0.15) is 5.17 Å². The molecule has 0 fully saturated rings. The van der Waals surface area contributed by atoms with Crippen LogP contribution in [-0.4, -0.2) is 18.4 Å². The van der Waals surface area contributed by atoms with E-state index in [1.807, 2.05) is 6.92 Å². The van der Waals surface area contributed by atoms with E-state index < -0.39 is 0 Å². The average molecular weight is 284 g/mol. The van der Waals surface area contributed by atoms with Crippen molar-refractivity contribution in [2.75, 3.05) is 7.05 Å². The average Bonchev–Trinajstić information content (AvgIpc) is 2.43. The molecule has 0 bridgehead atoms. The minimum absolute atomic E-state index is 0.578. The number of halogens is 1. The number of nitrogens with one attached hydrogen (secondary N) is 2. The summed E-state index contributed by atoms with van der Waals surface area (Å²) in [6.45, 7) is 8.07. The Morgan fingerprint density at radius 2 is 2.00 bits per heavy atom. The summed E-state index contributed by atoms with van der Waals surface area (Å²) in [4.78, 5) is 4.44. The van der Waals surface area contributed by atoms with E-state index in [2.05, 4.69) is 23.8 Å². The van der Waals surface area contributed by atoms with E-state index in [1.54, 1.807) is 7.05 Å². The molecule has 0 aliphatic carbocycles. The molecule has 0 aromatic carbocycles. The number of hydrogen-bond donors (Lipinski definition) is 2. The normalized spacial score (nSPS) is 12.9. The number of aliphatic imine (C=N–C) groups is 1. The molecule has 0 heterocycles. The van der Waals surface area contributed by atoms with Crippen LogP contribution in [0.3, 0.4) is 0 Å². The molecule has 0 aromatic heterocycles. The third kappa shape index (κ3) is 7.16. The summed E-state index contributed by atoms with van der Waals surface area (Å²) in [5, 5.41) is 11.1. The minimum Gasteiger partial charge on any atom is -0.388 e. The molecule has 0 radical (unpaired) electrons. The fraction of sp³-hybridized carbons (Fsp3) is 0.600. The van der Waals surface area contributed by atoms with Gasteiger partial charge in [0.05, 0.1) is 5.70 Å². The first kappa shape index (κ1) is 17.9. The van der Waals surface area contributed by atoms with Crippen LogP contribution in [0, 0.1) is 5.41 Å². The van der Waals surface area contributed by atoms with E-state index in [4.69, 9.17) is 17.0 Å². The summed E-state index contributed by atoms with van der Waals surface area (Å²) in [6.07, 6.45) is 7.52. The Morgan fingerprint density at radius 3 is 2.47 bits per heavy atom. The Labute approximate surface area is 122 Å². The van der Waals surface area contributed by atoms with Gasteiger partial charge in [-0.2, -0.15) is 0 Å². The number of rotatable bonds is 10. The van der Waals surface area contributed by atoms with Gasteiger partial charge in [-0.1, -0.05) is 51.3 Å². The summed E-state index contributed by atoms with van der Waals surface area (Å²) in [6, 6.07) is 0. The number of likely N-dealkylation sites (N-methyl/N-ethyl adjacent to an activating group) is 1. The fourth-order valence-corrected chi connectivity index (χ4v) is 1.78. The van der Waals surface area contributed by atoms with Gasteiger partial charge in [-0.3, -0.25) is 0 Å². The first-order valence-corrected chi connectivity index (χ1v) is 7.32. The van der Waals surface area contributed by atoms with Gasteiger partial charge >= 0.3 is 0 Å². The first-order valence-electron chi connectivity index (χ1n) is 6.94. The van der Waals surface area contributed by atoms with E-state index in [9.17, 15) is 0 Å². The van der Waals surface area contributed by atoms with Gasteiger partial charge in [0.15, 0.2) is 0 Å². The van der Waals surface area contributed by atoms with Gasteiger partial charge in [-0.05, 0) is 19.3 Å². The highest BCUT2D eigenvalue weighted by Crippen LogP contribution is 2.19. The standard InChI is InChI=1S/C15H26ClN3/c1-5-7-8-9-10-14(19-15(16)6-2)13(11-17)12(3)18-4/h11,17-18H,3,5-10H2,1-2,4H3/b14-13-,17-11?,19-15?. The van der Waals surface area contributed by atoms with Gasteiger partial charge in [-0.15, -0.1) is 0 Å². The number of nitrogens with zero attached hydrogens (tertiary/aromatic N) is 1.